The summed E-state index contributed by atoms with van der Waals surface area (Å²) in [7, 11) is 0. The Hall–Kier alpha value is -1.36. The number of aromatic nitrogens is 2. The van der Waals surface area contributed by atoms with E-state index in [9.17, 15) is 4.79 Å². The standard InChI is InChI=1S/C17H30N4O/c1-13-10-14(2)21(19-13)11-15-6-8-20(9-7-15)12-16(22)18-17(3,4)5/h10,15H,6-9,11-12H2,1-5H3,(H,18,22). The quantitative estimate of drug-likeness (QED) is 0.927. The van der Waals surface area contributed by atoms with E-state index < -0.39 is 0 Å². The Bertz CT molecular complexity index is 507. The number of nitrogens with zero attached hydrogens (tertiary/aromatic N) is 3. The molecule has 0 aromatic carbocycles. The summed E-state index contributed by atoms with van der Waals surface area (Å²) in [6.45, 7) is 13.7. The van der Waals surface area contributed by atoms with Crippen LogP contribution in [0.2, 0.25) is 0 Å². The fraction of sp³-hybridized carbons (Fsp3) is 0.765. The molecule has 0 radical (unpaired) electrons. The first-order valence-electron chi connectivity index (χ1n) is 8.27. The van der Waals surface area contributed by atoms with Crippen LogP contribution in [0.1, 0.15) is 45.0 Å². The molecule has 1 fully saturated rings. The molecule has 22 heavy (non-hydrogen) atoms. The zero-order chi connectivity index (χ0) is 16.3. The second kappa shape index (κ2) is 6.82. The van der Waals surface area contributed by atoms with Crippen LogP contribution in [0.25, 0.3) is 0 Å². The minimum absolute atomic E-state index is 0.129. The molecule has 1 aliphatic heterocycles. The molecule has 0 spiro atoms. The number of carbonyl (C=O) groups is 1. The van der Waals surface area contributed by atoms with E-state index in [1.165, 1.54) is 5.69 Å². The molecule has 1 amide bonds. The lowest BCUT2D eigenvalue weighted by molar-refractivity contribution is -0.124. The summed E-state index contributed by atoms with van der Waals surface area (Å²) in [6, 6.07) is 2.13. The van der Waals surface area contributed by atoms with E-state index in [2.05, 4.69) is 33.0 Å². The molecular weight excluding hydrogens is 276 g/mol. The first kappa shape index (κ1) is 17.0. The molecule has 0 bridgehead atoms. The van der Waals surface area contributed by atoms with Crippen molar-refractivity contribution in [2.45, 2.75) is 59.5 Å². The van der Waals surface area contributed by atoms with Crippen LogP contribution in [-0.2, 0) is 11.3 Å². The number of amides is 1. The van der Waals surface area contributed by atoms with E-state index in [4.69, 9.17) is 0 Å². The van der Waals surface area contributed by atoms with Crippen molar-refractivity contribution in [2.75, 3.05) is 19.6 Å². The van der Waals surface area contributed by atoms with Gasteiger partial charge in [-0.15, -0.1) is 0 Å². The predicted octanol–water partition coefficient (Wildman–Crippen LogP) is 2.13. The van der Waals surface area contributed by atoms with Crippen molar-refractivity contribution < 1.29 is 4.79 Å². The molecule has 0 unspecified atom stereocenters. The van der Waals surface area contributed by atoms with Crippen LogP contribution in [0.15, 0.2) is 6.07 Å². The SMILES string of the molecule is Cc1cc(C)n(CC2CCN(CC(=O)NC(C)(C)C)CC2)n1. The highest BCUT2D eigenvalue weighted by atomic mass is 16.2. The van der Waals surface area contributed by atoms with Crippen LogP contribution < -0.4 is 5.32 Å². The number of hydrogen-bond acceptors (Lipinski definition) is 3. The van der Waals surface area contributed by atoms with Crippen molar-refractivity contribution in [1.29, 1.82) is 0 Å². The smallest absolute Gasteiger partial charge is 0.234 e. The third-order valence-electron chi connectivity index (χ3n) is 4.12. The maximum atomic E-state index is 12.0. The number of nitrogens with one attached hydrogen (secondary N) is 1. The second-order valence-corrected chi connectivity index (χ2v) is 7.63. The van der Waals surface area contributed by atoms with Crippen molar-refractivity contribution in [3.05, 3.63) is 17.5 Å². The van der Waals surface area contributed by atoms with E-state index in [-0.39, 0.29) is 11.4 Å². The van der Waals surface area contributed by atoms with Gasteiger partial charge >= 0.3 is 0 Å². The molecule has 2 heterocycles. The monoisotopic (exact) mass is 306 g/mol. The normalized spacial score (nSPS) is 17.7. The van der Waals surface area contributed by atoms with Gasteiger partial charge in [-0.2, -0.15) is 5.10 Å². The maximum absolute atomic E-state index is 12.0. The summed E-state index contributed by atoms with van der Waals surface area (Å²) in [6.07, 6.45) is 2.28. The predicted molar refractivity (Wildman–Crippen MR) is 88.8 cm³/mol. The first-order valence-corrected chi connectivity index (χ1v) is 8.27. The van der Waals surface area contributed by atoms with Gasteiger partial charge in [0.15, 0.2) is 0 Å². The Morgan fingerprint density at radius 3 is 2.45 bits per heavy atom. The Labute approximate surface area is 134 Å². The molecular formula is C17H30N4O. The minimum atomic E-state index is -0.148. The summed E-state index contributed by atoms with van der Waals surface area (Å²) in [5, 5.41) is 7.58. The third kappa shape index (κ3) is 5.13. The number of hydrogen-bond donors (Lipinski definition) is 1. The van der Waals surface area contributed by atoms with Gasteiger partial charge in [0.25, 0.3) is 0 Å². The van der Waals surface area contributed by atoms with Gasteiger partial charge in [0.1, 0.15) is 0 Å². The Kier molecular flexibility index (Phi) is 5.27. The molecule has 5 heteroatoms. The van der Waals surface area contributed by atoms with Crippen LogP contribution in [-0.4, -0.2) is 45.8 Å². The van der Waals surface area contributed by atoms with Gasteiger partial charge in [0, 0.05) is 17.8 Å². The Balaban J connectivity index is 1.76. The zero-order valence-electron chi connectivity index (χ0n) is 14.6. The summed E-state index contributed by atoms with van der Waals surface area (Å²) in [5.74, 6) is 0.796. The van der Waals surface area contributed by atoms with Gasteiger partial charge in [-0.25, -0.2) is 0 Å². The molecule has 124 valence electrons. The summed E-state index contributed by atoms with van der Waals surface area (Å²) in [4.78, 5) is 14.2. The zero-order valence-corrected chi connectivity index (χ0v) is 14.6. The van der Waals surface area contributed by atoms with Crippen molar-refractivity contribution in [3.8, 4) is 0 Å². The highest BCUT2D eigenvalue weighted by Gasteiger charge is 2.23. The summed E-state index contributed by atoms with van der Waals surface area (Å²) in [5.41, 5.74) is 2.18. The van der Waals surface area contributed by atoms with E-state index in [1.807, 2.05) is 27.7 Å². The molecule has 1 aromatic rings. The average molecular weight is 306 g/mol. The van der Waals surface area contributed by atoms with Crippen LogP contribution in [0.5, 0.6) is 0 Å². The van der Waals surface area contributed by atoms with Crippen LogP contribution in [0.3, 0.4) is 0 Å². The number of carbonyl (C=O) groups excluding carboxylic acids is 1. The Morgan fingerprint density at radius 1 is 1.32 bits per heavy atom. The van der Waals surface area contributed by atoms with Gasteiger partial charge in [0.05, 0.1) is 12.2 Å². The molecule has 1 aliphatic rings. The first-order chi connectivity index (χ1) is 10.2. The maximum Gasteiger partial charge on any atom is 0.234 e. The van der Waals surface area contributed by atoms with Crippen molar-refractivity contribution in [3.63, 3.8) is 0 Å². The molecule has 0 aliphatic carbocycles. The van der Waals surface area contributed by atoms with Gasteiger partial charge in [-0.3, -0.25) is 14.4 Å². The fourth-order valence-corrected chi connectivity index (χ4v) is 3.09. The molecule has 2 rings (SSSR count). The number of piperidine rings is 1. The lowest BCUT2D eigenvalue weighted by Gasteiger charge is -2.32. The molecule has 1 N–H and O–H groups in total. The van der Waals surface area contributed by atoms with E-state index in [0.29, 0.717) is 12.5 Å². The second-order valence-electron chi connectivity index (χ2n) is 7.63. The summed E-state index contributed by atoms with van der Waals surface area (Å²) < 4.78 is 2.13. The van der Waals surface area contributed by atoms with E-state index in [1.54, 1.807) is 0 Å². The lowest BCUT2D eigenvalue weighted by atomic mass is 9.96. The van der Waals surface area contributed by atoms with E-state index in [0.717, 1.165) is 38.2 Å². The highest BCUT2D eigenvalue weighted by Crippen LogP contribution is 2.19. The number of aryl methyl sites for hydroxylation is 2. The van der Waals surface area contributed by atoms with Gasteiger partial charge in [0.2, 0.25) is 5.91 Å². The Morgan fingerprint density at radius 2 is 1.95 bits per heavy atom. The molecule has 1 saturated heterocycles. The largest absolute Gasteiger partial charge is 0.350 e. The molecule has 0 saturated carbocycles. The molecule has 1 aromatic heterocycles. The molecule has 0 atom stereocenters. The lowest BCUT2D eigenvalue weighted by Crippen LogP contribution is -2.47. The van der Waals surface area contributed by atoms with Crippen molar-refractivity contribution in [1.82, 2.24) is 20.0 Å². The number of rotatable bonds is 4. The topological polar surface area (TPSA) is 50.2 Å². The van der Waals surface area contributed by atoms with Crippen molar-refractivity contribution >= 4 is 5.91 Å². The van der Waals surface area contributed by atoms with Gasteiger partial charge in [-0.1, -0.05) is 0 Å². The van der Waals surface area contributed by atoms with Crippen LogP contribution in [0, 0.1) is 19.8 Å². The summed E-state index contributed by atoms with van der Waals surface area (Å²) >= 11 is 0. The number of likely N-dealkylation sites (tertiary alicyclic amines) is 1. The minimum Gasteiger partial charge on any atom is -0.350 e. The highest BCUT2D eigenvalue weighted by molar-refractivity contribution is 5.78. The van der Waals surface area contributed by atoms with Crippen LogP contribution in [0.4, 0.5) is 0 Å². The van der Waals surface area contributed by atoms with E-state index >= 15 is 0 Å². The molecule has 5 nitrogen and oxygen atoms in total. The van der Waals surface area contributed by atoms with Crippen LogP contribution >= 0.6 is 0 Å². The van der Waals surface area contributed by atoms with Gasteiger partial charge < -0.3 is 5.32 Å². The van der Waals surface area contributed by atoms with Crippen molar-refractivity contribution in [2.24, 2.45) is 5.92 Å². The average Bonchev–Trinajstić information content (AvgIpc) is 2.68. The fourth-order valence-electron chi connectivity index (χ4n) is 3.09. The third-order valence-corrected chi connectivity index (χ3v) is 4.12. The van der Waals surface area contributed by atoms with Gasteiger partial charge in [-0.05, 0) is 72.5 Å².